The first kappa shape index (κ1) is 108. The molecule has 28 heteroatoms. The number of carbonyl (C=O) groups excluding carboxylic acids is 6. The van der Waals surface area contributed by atoms with Gasteiger partial charge in [-0.3, -0.25) is 43.2 Å². The molecule has 3 atom stereocenters. The van der Waals surface area contributed by atoms with E-state index in [9.17, 15) is 81.6 Å². The monoisotopic (exact) mass is 1900 g/mol. The lowest BCUT2D eigenvalue weighted by Gasteiger charge is -2.18. The predicted octanol–water partition coefficient (Wildman–Crippen LogP) is 20.2. The topological polar surface area (TPSA) is 419 Å². The lowest BCUT2D eigenvalue weighted by atomic mass is 9.95. The van der Waals surface area contributed by atoms with Gasteiger partial charge in [0.25, 0.3) is 17.7 Å². The number of carboxylic acids is 6. The number of aromatic hydroxyl groups is 1. The van der Waals surface area contributed by atoms with Crippen LogP contribution in [0.25, 0.3) is 21.9 Å². The van der Waals surface area contributed by atoms with Gasteiger partial charge in [0.05, 0.1) is 40.5 Å². The Kier molecular flexibility index (Phi) is 44.7. The van der Waals surface area contributed by atoms with Crippen LogP contribution in [-0.4, -0.2) is 126 Å². The van der Waals surface area contributed by atoms with Crippen molar-refractivity contribution in [2.24, 2.45) is 11.8 Å². The van der Waals surface area contributed by atoms with E-state index in [1.807, 2.05) is 152 Å². The summed E-state index contributed by atoms with van der Waals surface area (Å²) in [4.78, 5) is 138. The molecule has 0 bridgehead atoms. The summed E-state index contributed by atoms with van der Waals surface area (Å²) >= 11 is 5.94. The number of carbonyl (C=O) groups is 12. The van der Waals surface area contributed by atoms with Crippen LogP contribution in [0.4, 0.5) is 20.2 Å². The molecule has 12 aromatic carbocycles. The third-order valence-corrected chi connectivity index (χ3v) is 22.4. The van der Waals surface area contributed by atoms with Gasteiger partial charge in [0.15, 0.2) is 0 Å². The van der Waals surface area contributed by atoms with E-state index in [1.54, 1.807) is 97.9 Å². The van der Waals surface area contributed by atoms with Crippen molar-refractivity contribution >= 4 is 105 Å². The van der Waals surface area contributed by atoms with Crippen LogP contribution >= 0.6 is 11.6 Å². The number of halogens is 3. The van der Waals surface area contributed by atoms with Crippen molar-refractivity contribution in [2.45, 2.75) is 161 Å². The summed E-state index contributed by atoms with van der Waals surface area (Å²) in [6, 6.07) is 81.2. The summed E-state index contributed by atoms with van der Waals surface area (Å²) in [5.41, 5.74) is 10.0. The van der Waals surface area contributed by atoms with E-state index in [0.717, 1.165) is 94.1 Å². The lowest BCUT2D eigenvalue weighted by molar-refractivity contribution is -0.142. The fourth-order valence-corrected chi connectivity index (χ4v) is 14.8. The fourth-order valence-electron chi connectivity index (χ4n) is 14.6. The highest BCUT2D eigenvalue weighted by Crippen LogP contribution is 2.31. The second kappa shape index (κ2) is 57.3. The average Bonchev–Trinajstić information content (AvgIpc) is 0.817. The van der Waals surface area contributed by atoms with Gasteiger partial charge in [0.2, 0.25) is 17.7 Å². The number of nitrogens with one attached hydrogen (secondary N) is 6. The number of unbranched alkanes of at least 4 members (excludes halogenated alkanes) is 2. The molecule has 0 aromatic heterocycles. The molecule has 1 fully saturated rings. The number of hydrogen-bond donors (Lipinski definition) is 13. The van der Waals surface area contributed by atoms with Gasteiger partial charge in [0, 0.05) is 73.3 Å². The Morgan fingerprint density at radius 1 is 0.413 bits per heavy atom. The maximum atomic E-state index is 13.9. The molecule has 138 heavy (non-hydrogen) atoms. The fraction of sp³-hybridized carbons (Fsp3) is 0.255. The second-order valence-electron chi connectivity index (χ2n) is 33.3. The van der Waals surface area contributed by atoms with E-state index in [2.05, 4.69) is 45.7 Å². The summed E-state index contributed by atoms with van der Waals surface area (Å²) in [6.07, 6.45) is 12.8. The highest BCUT2D eigenvalue weighted by Gasteiger charge is 2.27. The third-order valence-electron chi connectivity index (χ3n) is 22.0. The quantitative estimate of drug-likeness (QED) is 0.0128. The molecule has 0 aliphatic heterocycles. The molecular weight excluding hydrogens is 1780 g/mol. The van der Waals surface area contributed by atoms with Crippen molar-refractivity contribution in [3.05, 3.63) is 375 Å². The number of aliphatic carboxylic acids is 5. The molecule has 0 radical (unpaired) electrons. The largest absolute Gasteiger partial charge is 0.507 e. The van der Waals surface area contributed by atoms with E-state index in [-0.39, 0.29) is 89.8 Å². The molecule has 0 heterocycles. The number of rotatable bonds is 36. The highest BCUT2D eigenvalue weighted by atomic mass is 35.5. The summed E-state index contributed by atoms with van der Waals surface area (Å²) in [6.45, 7) is 7.22. The van der Waals surface area contributed by atoms with Crippen LogP contribution in [0.2, 0.25) is 5.02 Å². The van der Waals surface area contributed by atoms with Crippen LogP contribution in [0.5, 0.6) is 5.75 Å². The molecule has 0 saturated heterocycles. The number of phenolic OH excluding ortho intramolecular Hbond substituents is 1. The van der Waals surface area contributed by atoms with E-state index < -0.39 is 77.1 Å². The van der Waals surface area contributed by atoms with Gasteiger partial charge in [-0.05, 0) is 204 Å². The van der Waals surface area contributed by atoms with Gasteiger partial charge in [-0.2, -0.15) is 0 Å². The lowest BCUT2D eigenvalue weighted by Crippen LogP contribution is -2.44. The number of hydrogen-bond acceptors (Lipinski definition) is 13. The molecule has 1 aliphatic carbocycles. The van der Waals surface area contributed by atoms with Crippen LogP contribution in [0.3, 0.4) is 0 Å². The van der Waals surface area contributed by atoms with Crippen LogP contribution in [0, 0.1) is 23.5 Å². The first-order valence-electron chi connectivity index (χ1n) is 45.4. The highest BCUT2D eigenvalue weighted by molar-refractivity contribution is 6.34. The Hall–Kier alpha value is -15.5. The number of benzene rings is 12. The minimum atomic E-state index is -1.22. The van der Waals surface area contributed by atoms with Gasteiger partial charge >= 0.3 is 35.8 Å². The molecule has 6 amide bonds. The minimum absolute atomic E-state index is 0.0429. The molecule has 13 rings (SSSR count). The number of anilines is 2. The Balaban J connectivity index is 0.000000205. The van der Waals surface area contributed by atoms with Crippen molar-refractivity contribution in [3.8, 4) is 16.9 Å². The smallest absolute Gasteiger partial charge is 0.335 e. The van der Waals surface area contributed by atoms with E-state index in [0.29, 0.717) is 78.2 Å². The standard InChI is InChI=1S/C22H17F2NO4.C22H27NO3.C21H19NO3.C16H15NO3.C15H12ClNO3.C14H25NO3/c23-15-7-9-16(18(24)12-15)14-6-8-17(20(26)11-14)21(27)25-19(22(28)29)10-13-4-2-1-3-5-13;1-15(2)13-18-9-11-19(12-10-18)16(3)21(24)23-20(22(25)26)14-17-7-5-4-6-8-17;23-20(24)7-3-4-15-8-12-19(13-9-15)22-21(25)18-11-10-16-5-1-2-6-17(16)14-18;18-15(10-12-4-2-1-3-5-12)17-11-13-6-8-14(9-7-13)16(19)20;16-13-4-2-1-3-12(13)15(20)17-11-7-5-10(6-8-11)9-14(18)19;16-13(17)10-6-3-7-11-15-14(18)12-8-4-1-2-5-9-12/h1-9,11-12,19,26H,10H2,(H,25,27)(H,28,29);4-12,15-16,20H,13-14H2,1-3H3,(H,23,24)(H,25,26);1-2,5-6,8-14H,3-4,7H2,(H,22,25)(H,23,24);1-9H,10-11H2,(H,17,18)(H,19,20);1-8H,9H2,(H,17,20)(H,18,19);12H,1-11H2,(H,15,18)(H,16,17). The Morgan fingerprint density at radius 3 is 1.47 bits per heavy atom. The normalized spacial score (nSPS) is 12.0. The zero-order valence-corrected chi connectivity index (χ0v) is 77.7. The third kappa shape index (κ3) is 38.8. The number of fused-ring (bicyclic) bond motifs is 1. The van der Waals surface area contributed by atoms with Gasteiger partial charge in [-0.25, -0.2) is 23.2 Å². The average molecular weight is 1900 g/mol. The molecule has 0 spiro atoms. The van der Waals surface area contributed by atoms with Gasteiger partial charge in [-0.1, -0.05) is 258 Å². The second-order valence-corrected chi connectivity index (χ2v) is 33.8. The zero-order valence-electron chi connectivity index (χ0n) is 76.9. The summed E-state index contributed by atoms with van der Waals surface area (Å²) in [5.74, 6) is -8.56. The van der Waals surface area contributed by atoms with Crippen molar-refractivity contribution in [2.75, 3.05) is 17.2 Å². The molecule has 12 aromatic rings. The number of phenols is 1. The van der Waals surface area contributed by atoms with E-state index >= 15 is 0 Å². The van der Waals surface area contributed by atoms with Gasteiger partial charge in [0.1, 0.15) is 29.5 Å². The first-order chi connectivity index (χ1) is 66.2. The summed E-state index contributed by atoms with van der Waals surface area (Å²) in [7, 11) is 0. The molecule has 1 saturated carbocycles. The van der Waals surface area contributed by atoms with Crippen LogP contribution in [-0.2, 0) is 83.4 Å². The minimum Gasteiger partial charge on any atom is -0.507 e. The van der Waals surface area contributed by atoms with Crippen molar-refractivity contribution in [1.82, 2.24) is 21.3 Å². The molecule has 3 unspecified atom stereocenters. The predicted molar refractivity (Wildman–Crippen MR) is 527 cm³/mol. The molecular formula is C110H115ClF2N6O19. The molecule has 1 aliphatic rings. The van der Waals surface area contributed by atoms with Crippen LogP contribution in [0.15, 0.2) is 291 Å². The Labute approximate surface area is 805 Å². The molecule has 25 nitrogen and oxygen atoms in total. The summed E-state index contributed by atoms with van der Waals surface area (Å²) < 4.78 is 27.0. The number of carboxylic acid groups (broad SMARTS) is 6. The van der Waals surface area contributed by atoms with Crippen LogP contribution < -0.4 is 31.9 Å². The molecule has 13 N–H and O–H groups in total. The summed E-state index contributed by atoms with van der Waals surface area (Å²) in [5, 5.41) is 82.6. The van der Waals surface area contributed by atoms with Gasteiger partial charge < -0.3 is 67.6 Å². The SMILES string of the molecule is CC(C)Cc1ccc(C(C)C(=O)NC(Cc2ccccc2)C(=O)O)cc1.O=C(Cc1ccccc1)NCc1ccc(C(=O)O)cc1.O=C(NC(Cc1ccccc1)C(=O)O)c1ccc(-c2ccc(F)cc2F)cc1O.O=C(O)CCCCCNC(=O)C1CCCCCC1.O=C(O)CCCc1ccc(NC(=O)c2ccc3ccccc3c2)cc1.O=C(O)Cc1ccc(NC(=O)c2ccccc2Cl)cc1. The maximum Gasteiger partial charge on any atom is 0.335 e. The van der Waals surface area contributed by atoms with Crippen molar-refractivity contribution in [3.63, 3.8) is 0 Å². The Bertz CT molecular complexity index is 6010. The Morgan fingerprint density at radius 2 is 0.920 bits per heavy atom. The number of aromatic carboxylic acids is 1. The maximum absolute atomic E-state index is 13.9. The van der Waals surface area contributed by atoms with Gasteiger partial charge in [-0.15, -0.1) is 0 Å². The number of aryl methyl sites for hydroxylation is 1. The number of amides is 6. The first-order valence-corrected chi connectivity index (χ1v) is 45.7. The van der Waals surface area contributed by atoms with Crippen LogP contribution in [0.1, 0.15) is 190 Å². The zero-order chi connectivity index (χ0) is 99.8. The van der Waals surface area contributed by atoms with Crippen molar-refractivity contribution < 1.29 is 102 Å². The van der Waals surface area contributed by atoms with E-state index in [4.69, 9.17) is 32.0 Å². The van der Waals surface area contributed by atoms with E-state index in [1.165, 1.54) is 61.6 Å². The molecule has 720 valence electrons. The van der Waals surface area contributed by atoms with Crippen molar-refractivity contribution in [1.29, 1.82) is 0 Å².